The Kier molecular flexibility index (Phi) is 6.16. The smallest absolute Gasteiger partial charge is 0.0200 e. The largest absolute Gasteiger partial charge is 0.381 e. The zero-order valence-corrected chi connectivity index (χ0v) is 13.9. The van der Waals surface area contributed by atoms with Gasteiger partial charge in [0.2, 0.25) is 0 Å². The second-order valence-electron chi connectivity index (χ2n) is 6.67. The number of hydrogen-bond donors (Lipinski definition) is 0. The molecule has 19 heavy (non-hydrogen) atoms. The summed E-state index contributed by atoms with van der Waals surface area (Å²) in [7, 11) is 2.15. The van der Waals surface area contributed by atoms with Crippen molar-refractivity contribution in [2.24, 2.45) is 23.7 Å². The van der Waals surface area contributed by atoms with Crippen molar-refractivity contribution in [2.75, 3.05) is 13.6 Å². The van der Waals surface area contributed by atoms with Crippen molar-refractivity contribution in [1.29, 1.82) is 0 Å². The summed E-state index contributed by atoms with van der Waals surface area (Å²) in [6.07, 6.45) is 6.01. The molecule has 0 aromatic heterocycles. The second-order valence-corrected chi connectivity index (χ2v) is 6.67. The van der Waals surface area contributed by atoms with E-state index in [0.717, 1.165) is 23.7 Å². The van der Waals surface area contributed by atoms with E-state index in [-0.39, 0.29) is 0 Å². The Labute approximate surface area is 120 Å². The molecule has 110 valence electrons. The van der Waals surface area contributed by atoms with Gasteiger partial charge in [-0.25, -0.2) is 0 Å². The SMILES string of the molecule is C=CN(C)CC(CCCC)C1C(C(C)=C(C)C)[C@@H]1C. The lowest BCUT2D eigenvalue weighted by Crippen LogP contribution is -2.23. The topological polar surface area (TPSA) is 3.24 Å². The van der Waals surface area contributed by atoms with Crippen molar-refractivity contribution >= 4 is 0 Å². The first kappa shape index (κ1) is 16.3. The molecule has 0 spiro atoms. The third kappa shape index (κ3) is 4.12. The van der Waals surface area contributed by atoms with Crippen LogP contribution in [-0.2, 0) is 0 Å². The van der Waals surface area contributed by atoms with Crippen molar-refractivity contribution in [1.82, 2.24) is 4.90 Å². The van der Waals surface area contributed by atoms with Gasteiger partial charge in [0.05, 0.1) is 0 Å². The van der Waals surface area contributed by atoms with Crippen LogP contribution in [0.4, 0.5) is 0 Å². The van der Waals surface area contributed by atoms with Gasteiger partial charge in [0, 0.05) is 13.6 Å². The first-order valence-corrected chi connectivity index (χ1v) is 7.90. The minimum Gasteiger partial charge on any atom is -0.381 e. The lowest BCUT2D eigenvalue weighted by atomic mass is 9.92. The molecule has 0 aliphatic heterocycles. The molecule has 3 unspecified atom stereocenters. The molecule has 0 aromatic carbocycles. The highest BCUT2D eigenvalue weighted by Crippen LogP contribution is 2.56. The average molecular weight is 263 g/mol. The molecule has 1 nitrogen and oxygen atoms in total. The monoisotopic (exact) mass is 263 g/mol. The third-order valence-electron chi connectivity index (χ3n) is 5.04. The van der Waals surface area contributed by atoms with Gasteiger partial charge in [0.15, 0.2) is 0 Å². The summed E-state index contributed by atoms with van der Waals surface area (Å²) in [6, 6.07) is 0. The van der Waals surface area contributed by atoms with Crippen LogP contribution in [-0.4, -0.2) is 18.5 Å². The van der Waals surface area contributed by atoms with E-state index in [9.17, 15) is 0 Å². The van der Waals surface area contributed by atoms with Gasteiger partial charge in [-0.1, -0.05) is 44.4 Å². The van der Waals surface area contributed by atoms with Crippen LogP contribution in [0, 0.1) is 23.7 Å². The van der Waals surface area contributed by atoms with Crippen molar-refractivity contribution < 1.29 is 0 Å². The molecule has 1 aliphatic rings. The highest BCUT2D eigenvalue weighted by molar-refractivity contribution is 5.21. The zero-order valence-electron chi connectivity index (χ0n) is 13.9. The Bertz CT molecular complexity index is 325. The van der Waals surface area contributed by atoms with E-state index in [1.54, 1.807) is 5.57 Å². The van der Waals surface area contributed by atoms with E-state index < -0.39 is 0 Å². The van der Waals surface area contributed by atoms with Gasteiger partial charge >= 0.3 is 0 Å². The molecular weight excluding hydrogens is 230 g/mol. The zero-order chi connectivity index (χ0) is 14.6. The molecule has 1 heteroatoms. The fourth-order valence-electron chi connectivity index (χ4n) is 3.55. The predicted molar refractivity (Wildman–Crippen MR) is 86.0 cm³/mol. The number of unbranched alkanes of at least 4 members (excludes halogenated alkanes) is 1. The molecule has 1 fully saturated rings. The maximum absolute atomic E-state index is 3.89. The first-order valence-electron chi connectivity index (χ1n) is 7.90. The van der Waals surface area contributed by atoms with Crippen LogP contribution in [0.25, 0.3) is 0 Å². The molecular formula is C18H33N. The summed E-state index contributed by atoms with van der Waals surface area (Å²) >= 11 is 0. The van der Waals surface area contributed by atoms with E-state index in [1.807, 2.05) is 6.20 Å². The van der Waals surface area contributed by atoms with Gasteiger partial charge in [0.1, 0.15) is 0 Å². The van der Waals surface area contributed by atoms with Gasteiger partial charge in [-0.05, 0) is 57.1 Å². The van der Waals surface area contributed by atoms with Crippen LogP contribution in [0.15, 0.2) is 23.9 Å². The Balaban J connectivity index is 2.71. The highest BCUT2D eigenvalue weighted by atomic mass is 15.1. The van der Waals surface area contributed by atoms with E-state index in [2.05, 4.69) is 53.1 Å². The molecule has 1 saturated carbocycles. The van der Waals surface area contributed by atoms with Crippen LogP contribution in [0.1, 0.15) is 53.9 Å². The molecule has 0 aromatic rings. The maximum Gasteiger partial charge on any atom is 0.0200 e. The summed E-state index contributed by atoms with van der Waals surface area (Å²) in [4.78, 5) is 2.26. The van der Waals surface area contributed by atoms with Crippen molar-refractivity contribution in [3.63, 3.8) is 0 Å². The van der Waals surface area contributed by atoms with Gasteiger partial charge < -0.3 is 4.90 Å². The van der Waals surface area contributed by atoms with Gasteiger partial charge in [-0.2, -0.15) is 0 Å². The molecule has 0 saturated heterocycles. The van der Waals surface area contributed by atoms with Gasteiger partial charge in [0.25, 0.3) is 0 Å². The summed E-state index contributed by atoms with van der Waals surface area (Å²) in [5.41, 5.74) is 3.16. The van der Waals surface area contributed by atoms with Crippen LogP contribution >= 0.6 is 0 Å². The standard InChI is InChI=1S/C18H33N/c1-8-10-11-16(12-19(7)9-2)18-15(6)17(18)14(5)13(3)4/h9,15-18H,2,8,10-12H2,1,3-7H3/t15-,16?,17?,18?/m0/s1. The lowest BCUT2D eigenvalue weighted by Gasteiger charge is -2.23. The Morgan fingerprint density at radius 2 is 1.95 bits per heavy atom. The molecule has 1 aliphatic carbocycles. The normalized spacial score (nSPS) is 26.7. The third-order valence-corrected chi connectivity index (χ3v) is 5.04. The maximum atomic E-state index is 3.89. The van der Waals surface area contributed by atoms with E-state index in [0.29, 0.717) is 0 Å². The predicted octanol–water partition coefficient (Wildman–Crippen LogP) is 5.11. The molecule has 0 heterocycles. The minimum absolute atomic E-state index is 0.831. The lowest BCUT2D eigenvalue weighted by molar-refractivity contribution is 0.292. The van der Waals surface area contributed by atoms with Crippen LogP contribution in [0.2, 0.25) is 0 Å². The number of hydrogen-bond acceptors (Lipinski definition) is 1. The minimum atomic E-state index is 0.831. The molecule has 0 bridgehead atoms. The second kappa shape index (κ2) is 7.17. The summed E-state index contributed by atoms with van der Waals surface area (Å²) in [6.45, 7) is 16.7. The van der Waals surface area contributed by atoms with E-state index in [1.165, 1.54) is 31.4 Å². The quantitative estimate of drug-likeness (QED) is 0.550. The molecule has 4 atom stereocenters. The number of rotatable bonds is 8. The highest BCUT2D eigenvalue weighted by Gasteiger charge is 2.51. The average Bonchev–Trinajstić information content (AvgIpc) is 3.04. The summed E-state index contributed by atoms with van der Waals surface area (Å²) in [5, 5.41) is 0. The Hall–Kier alpha value is -0.720. The van der Waals surface area contributed by atoms with Crippen LogP contribution in [0.5, 0.6) is 0 Å². The molecule has 1 rings (SSSR count). The summed E-state index contributed by atoms with van der Waals surface area (Å²) < 4.78 is 0. The van der Waals surface area contributed by atoms with Crippen molar-refractivity contribution in [3.05, 3.63) is 23.9 Å². The fraction of sp³-hybridized carbons (Fsp3) is 0.778. The Morgan fingerprint density at radius 3 is 2.42 bits per heavy atom. The van der Waals surface area contributed by atoms with Gasteiger partial charge in [-0.15, -0.1) is 0 Å². The van der Waals surface area contributed by atoms with E-state index >= 15 is 0 Å². The number of allylic oxidation sites excluding steroid dienone is 2. The van der Waals surface area contributed by atoms with Crippen molar-refractivity contribution in [2.45, 2.75) is 53.9 Å². The van der Waals surface area contributed by atoms with Crippen LogP contribution < -0.4 is 0 Å². The first-order chi connectivity index (χ1) is 8.93. The van der Waals surface area contributed by atoms with Gasteiger partial charge in [-0.3, -0.25) is 0 Å². The number of nitrogens with zero attached hydrogens (tertiary/aromatic N) is 1. The van der Waals surface area contributed by atoms with Crippen molar-refractivity contribution in [3.8, 4) is 0 Å². The Morgan fingerprint density at radius 1 is 1.32 bits per heavy atom. The molecule has 0 amide bonds. The van der Waals surface area contributed by atoms with E-state index in [4.69, 9.17) is 0 Å². The molecule has 0 radical (unpaired) electrons. The summed E-state index contributed by atoms with van der Waals surface area (Å²) in [5.74, 6) is 3.43. The molecule has 0 N–H and O–H groups in total. The van der Waals surface area contributed by atoms with Crippen LogP contribution in [0.3, 0.4) is 0 Å². The fourth-order valence-corrected chi connectivity index (χ4v) is 3.55.